The van der Waals surface area contributed by atoms with Crippen LogP contribution < -0.4 is 15.2 Å². The highest BCUT2D eigenvalue weighted by atomic mass is 32.1. The minimum absolute atomic E-state index is 0.379. The van der Waals surface area contributed by atoms with E-state index < -0.39 is 0 Å². The predicted molar refractivity (Wildman–Crippen MR) is 123 cm³/mol. The van der Waals surface area contributed by atoms with Crippen molar-refractivity contribution in [3.63, 3.8) is 0 Å². The average molecular weight is 436 g/mol. The van der Waals surface area contributed by atoms with E-state index in [9.17, 15) is 9.59 Å². The molecular formula is C23H21N3O4S. The molecule has 0 radical (unpaired) electrons. The largest absolute Gasteiger partial charge is 0.493 e. The molecule has 31 heavy (non-hydrogen) atoms. The number of hydrogen-bond donors (Lipinski definition) is 2. The molecule has 0 aliphatic heterocycles. The zero-order chi connectivity index (χ0) is 22.4. The number of rotatable bonds is 4. The summed E-state index contributed by atoms with van der Waals surface area (Å²) in [5, 5.41) is 0.493. The fraction of sp³-hybridized carbons (Fsp3) is 0.0870. The molecule has 2 aromatic carbocycles. The van der Waals surface area contributed by atoms with Crippen molar-refractivity contribution < 1.29 is 19.1 Å². The summed E-state index contributed by atoms with van der Waals surface area (Å²) in [5.41, 5.74) is 7.89. The van der Waals surface area contributed by atoms with Gasteiger partial charge in [0, 0.05) is 28.9 Å². The number of amides is 1. The molecule has 4 aromatic rings. The number of aromatic nitrogens is 2. The van der Waals surface area contributed by atoms with Crippen LogP contribution in [-0.4, -0.2) is 34.9 Å². The molecule has 0 aliphatic rings. The number of fused-ring (bicyclic) bond motifs is 1. The molecule has 2 aromatic heterocycles. The van der Waals surface area contributed by atoms with E-state index in [0.29, 0.717) is 22.7 Å². The van der Waals surface area contributed by atoms with Gasteiger partial charge in [-0.25, -0.2) is 4.98 Å². The first-order chi connectivity index (χ1) is 15.0. The van der Waals surface area contributed by atoms with Crippen molar-refractivity contribution in [2.45, 2.75) is 0 Å². The van der Waals surface area contributed by atoms with Gasteiger partial charge in [0.2, 0.25) is 5.91 Å². The number of benzene rings is 2. The predicted octanol–water partition coefficient (Wildman–Crippen LogP) is 4.40. The van der Waals surface area contributed by atoms with Crippen molar-refractivity contribution in [1.29, 1.82) is 0 Å². The number of primary amides is 1. The monoisotopic (exact) mass is 435 g/mol. The number of hydrogen-bond acceptors (Lipinski definition) is 5. The highest BCUT2D eigenvalue weighted by Gasteiger charge is 2.15. The number of pyridine rings is 1. The van der Waals surface area contributed by atoms with Crippen molar-refractivity contribution >= 4 is 34.8 Å². The van der Waals surface area contributed by atoms with E-state index in [1.807, 2.05) is 36.4 Å². The molecule has 0 fully saturated rings. The smallest absolute Gasteiger partial charge is 0.288 e. The molecule has 0 atom stereocenters. The molecule has 0 bridgehead atoms. The van der Waals surface area contributed by atoms with E-state index in [1.165, 1.54) is 4.57 Å². The normalized spacial score (nSPS) is 10.2. The number of carbonyl (C=O) groups excluding carboxylic acids is 2. The second-order valence-corrected chi connectivity index (χ2v) is 6.75. The average Bonchev–Trinajstić information content (AvgIpc) is 3.19. The first-order valence-electron chi connectivity index (χ1n) is 9.23. The number of carbonyl (C=O) groups is 2. The van der Waals surface area contributed by atoms with E-state index in [0.717, 1.165) is 16.5 Å². The lowest BCUT2D eigenvalue weighted by atomic mass is 10.1. The molecule has 0 spiro atoms. The molecule has 158 valence electrons. The van der Waals surface area contributed by atoms with Gasteiger partial charge < -0.3 is 15.2 Å². The third-order valence-electron chi connectivity index (χ3n) is 4.52. The van der Waals surface area contributed by atoms with E-state index in [4.69, 9.17) is 15.2 Å². The second kappa shape index (κ2) is 9.82. The fourth-order valence-corrected chi connectivity index (χ4v) is 3.19. The number of nitrogens with zero attached hydrogens (tertiary/aromatic N) is 2. The summed E-state index contributed by atoms with van der Waals surface area (Å²) in [6.45, 7) is 0. The van der Waals surface area contributed by atoms with Crippen LogP contribution in [0.3, 0.4) is 0 Å². The highest BCUT2D eigenvalue weighted by molar-refractivity contribution is 7.96. The van der Waals surface area contributed by atoms with Crippen LogP contribution >= 0.6 is 12.6 Å². The Balaban J connectivity index is 0.000000254. The number of nitrogens with two attached hydrogens (primary N) is 1. The minimum Gasteiger partial charge on any atom is -0.493 e. The number of methoxy groups -OCH3 is 2. The first kappa shape index (κ1) is 21.9. The third kappa shape index (κ3) is 4.87. The van der Waals surface area contributed by atoms with Crippen LogP contribution in [0.4, 0.5) is 4.79 Å². The van der Waals surface area contributed by atoms with Crippen LogP contribution in [0.25, 0.3) is 22.2 Å². The SMILES string of the molecule is COc1ccc(-c2cn(C(=O)S)c3ncccc23)cc1OC.NC(=O)c1ccccc1. The van der Waals surface area contributed by atoms with Gasteiger partial charge in [0.25, 0.3) is 5.24 Å². The Hall–Kier alpha value is -3.78. The van der Waals surface area contributed by atoms with Crippen LogP contribution in [0, 0.1) is 0 Å². The van der Waals surface area contributed by atoms with Gasteiger partial charge in [0.05, 0.1) is 14.2 Å². The molecule has 8 heteroatoms. The van der Waals surface area contributed by atoms with Gasteiger partial charge >= 0.3 is 0 Å². The Labute approximate surface area is 184 Å². The summed E-state index contributed by atoms with van der Waals surface area (Å²) in [7, 11) is 3.18. The van der Waals surface area contributed by atoms with Crippen molar-refractivity contribution in [3.05, 3.63) is 78.6 Å². The Bertz CT molecular complexity index is 1220. The third-order valence-corrected chi connectivity index (χ3v) is 4.74. The van der Waals surface area contributed by atoms with Crippen LogP contribution in [0.1, 0.15) is 10.4 Å². The van der Waals surface area contributed by atoms with Gasteiger partial charge in [-0.15, -0.1) is 0 Å². The van der Waals surface area contributed by atoms with Crippen molar-refractivity contribution in [1.82, 2.24) is 9.55 Å². The van der Waals surface area contributed by atoms with Crippen molar-refractivity contribution in [2.24, 2.45) is 5.73 Å². The Morgan fingerprint density at radius 3 is 2.26 bits per heavy atom. The molecule has 1 amide bonds. The zero-order valence-electron chi connectivity index (χ0n) is 17.0. The summed E-state index contributed by atoms with van der Waals surface area (Å²) in [5.74, 6) is 0.899. The van der Waals surface area contributed by atoms with E-state index >= 15 is 0 Å². The van der Waals surface area contributed by atoms with E-state index in [2.05, 4.69) is 17.6 Å². The van der Waals surface area contributed by atoms with Gasteiger partial charge in [-0.3, -0.25) is 14.2 Å². The Morgan fingerprint density at radius 2 is 1.68 bits per heavy atom. The van der Waals surface area contributed by atoms with E-state index in [1.54, 1.807) is 50.9 Å². The topological polar surface area (TPSA) is 96.4 Å². The lowest BCUT2D eigenvalue weighted by Gasteiger charge is -2.09. The fourth-order valence-electron chi connectivity index (χ4n) is 3.04. The quantitative estimate of drug-likeness (QED) is 0.463. The maximum absolute atomic E-state index is 11.7. The minimum atomic E-state index is -0.379. The van der Waals surface area contributed by atoms with Crippen LogP contribution in [-0.2, 0) is 0 Å². The van der Waals surface area contributed by atoms with Crippen LogP contribution in [0.2, 0.25) is 0 Å². The van der Waals surface area contributed by atoms with Gasteiger partial charge in [0.1, 0.15) is 5.65 Å². The van der Waals surface area contributed by atoms with Crippen molar-refractivity contribution in [3.8, 4) is 22.6 Å². The summed E-state index contributed by atoms with van der Waals surface area (Å²) in [6, 6.07) is 18.1. The molecular weight excluding hydrogens is 414 g/mol. The number of thiol groups is 1. The molecule has 2 N–H and O–H groups in total. The molecule has 0 saturated heterocycles. The van der Waals surface area contributed by atoms with Gasteiger partial charge in [-0.2, -0.15) is 0 Å². The molecule has 2 heterocycles. The van der Waals surface area contributed by atoms with Crippen molar-refractivity contribution in [2.75, 3.05) is 14.2 Å². The highest BCUT2D eigenvalue weighted by Crippen LogP contribution is 2.36. The molecule has 0 saturated carbocycles. The summed E-state index contributed by atoms with van der Waals surface area (Å²) in [4.78, 5) is 26.4. The molecule has 0 unspecified atom stereocenters. The molecule has 7 nitrogen and oxygen atoms in total. The lowest BCUT2D eigenvalue weighted by molar-refractivity contribution is 0.1000. The maximum Gasteiger partial charge on any atom is 0.288 e. The van der Waals surface area contributed by atoms with E-state index in [-0.39, 0.29) is 11.1 Å². The van der Waals surface area contributed by atoms with Crippen LogP contribution in [0.15, 0.2) is 73.1 Å². The first-order valence-corrected chi connectivity index (χ1v) is 9.67. The summed E-state index contributed by atoms with van der Waals surface area (Å²) >= 11 is 3.90. The maximum atomic E-state index is 11.7. The molecule has 4 rings (SSSR count). The second-order valence-electron chi connectivity index (χ2n) is 6.37. The lowest BCUT2D eigenvalue weighted by Crippen LogP contribution is -2.09. The number of ether oxygens (including phenoxy) is 2. The van der Waals surface area contributed by atoms with Crippen LogP contribution in [0.5, 0.6) is 11.5 Å². The van der Waals surface area contributed by atoms with Gasteiger partial charge in [-0.05, 0) is 42.0 Å². The van der Waals surface area contributed by atoms with Gasteiger partial charge in [0.15, 0.2) is 11.5 Å². The Morgan fingerprint density at radius 1 is 0.968 bits per heavy atom. The zero-order valence-corrected chi connectivity index (χ0v) is 17.9. The standard InChI is InChI=1S/C16H14N2O3S.C7H7NO/c1-20-13-6-5-10(8-14(13)21-2)12-9-18(16(19)22)15-11(12)4-3-7-17-15;8-7(9)6-4-2-1-3-5-6/h3-9H,1-2H3,(H,19,22);1-5H,(H2,8,9). The summed E-state index contributed by atoms with van der Waals surface area (Å²) in [6.07, 6.45) is 3.38. The summed E-state index contributed by atoms with van der Waals surface area (Å²) < 4.78 is 12.0. The van der Waals surface area contributed by atoms with Gasteiger partial charge in [-0.1, -0.05) is 36.9 Å². The Kier molecular flexibility index (Phi) is 6.94. The molecule has 0 aliphatic carbocycles.